The van der Waals surface area contributed by atoms with Crippen LogP contribution in [0, 0.1) is 12.3 Å². The predicted octanol–water partition coefficient (Wildman–Crippen LogP) is 2.85. The van der Waals surface area contributed by atoms with E-state index in [1.165, 1.54) is 0 Å². The Kier molecular flexibility index (Phi) is 3.67. The van der Waals surface area contributed by atoms with Gasteiger partial charge in [-0.25, -0.2) is 4.98 Å². The molecular weight excluding hydrogens is 274 g/mol. The molecule has 1 aromatic carbocycles. The molecule has 22 heavy (non-hydrogen) atoms. The first-order valence-electron chi connectivity index (χ1n) is 6.64. The van der Waals surface area contributed by atoms with E-state index in [2.05, 4.69) is 26.2 Å². The second kappa shape index (κ2) is 5.94. The molecule has 0 radical (unpaired) electrons. The fourth-order valence-corrected chi connectivity index (χ4v) is 1.95. The zero-order chi connectivity index (χ0) is 15.4. The Hall–Kier alpha value is -3.39. The Labute approximate surface area is 128 Å². The lowest BCUT2D eigenvalue weighted by Crippen LogP contribution is -2.02. The van der Waals surface area contributed by atoms with E-state index < -0.39 is 0 Å². The second-order valence-electron chi connectivity index (χ2n) is 4.55. The van der Waals surface area contributed by atoms with Gasteiger partial charge in [0.2, 0.25) is 5.95 Å². The SMILES string of the molecule is C#Cc1ccc(Nc2ncc(-c3ccccn3)c(N)n2)cc1. The lowest BCUT2D eigenvalue weighted by molar-refractivity contribution is 1.17. The molecule has 5 nitrogen and oxygen atoms in total. The molecule has 0 aliphatic carbocycles. The molecule has 0 spiro atoms. The van der Waals surface area contributed by atoms with Gasteiger partial charge in [0.15, 0.2) is 0 Å². The van der Waals surface area contributed by atoms with Gasteiger partial charge in [-0.3, -0.25) is 4.98 Å². The normalized spacial score (nSPS) is 9.95. The summed E-state index contributed by atoms with van der Waals surface area (Å²) in [6.45, 7) is 0. The molecule has 0 aliphatic heterocycles. The maximum atomic E-state index is 6.00. The van der Waals surface area contributed by atoms with Crippen molar-refractivity contribution in [2.45, 2.75) is 0 Å². The first-order valence-corrected chi connectivity index (χ1v) is 6.64. The summed E-state index contributed by atoms with van der Waals surface area (Å²) < 4.78 is 0. The summed E-state index contributed by atoms with van der Waals surface area (Å²) in [5.74, 6) is 3.36. The molecule has 0 fully saturated rings. The number of rotatable bonds is 3. The zero-order valence-corrected chi connectivity index (χ0v) is 11.7. The maximum absolute atomic E-state index is 6.00. The van der Waals surface area contributed by atoms with E-state index in [1.54, 1.807) is 12.4 Å². The molecule has 0 aliphatic rings. The molecule has 0 unspecified atom stereocenters. The predicted molar refractivity (Wildman–Crippen MR) is 87.3 cm³/mol. The van der Waals surface area contributed by atoms with E-state index >= 15 is 0 Å². The van der Waals surface area contributed by atoms with Crippen molar-refractivity contribution in [3.05, 3.63) is 60.4 Å². The van der Waals surface area contributed by atoms with Crippen LogP contribution in [0.5, 0.6) is 0 Å². The van der Waals surface area contributed by atoms with Crippen LogP contribution in [0.2, 0.25) is 0 Å². The summed E-state index contributed by atoms with van der Waals surface area (Å²) >= 11 is 0. The minimum Gasteiger partial charge on any atom is -0.383 e. The molecule has 0 atom stereocenters. The summed E-state index contributed by atoms with van der Waals surface area (Å²) in [5, 5.41) is 3.08. The van der Waals surface area contributed by atoms with Crippen molar-refractivity contribution < 1.29 is 0 Å². The third-order valence-corrected chi connectivity index (χ3v) is 3.07. The molecule has 106 valence electrons. The minimum atomic E-state index is 0.372. The molecule has 0 saturated carbocycles. The van der Waals surface area contributed by atoms with Crippen LogP contribution in [0.1, 0.15) is 5.56 Å². The monoisotopic (exact) mass is 287 g/mol. The van der Waals surface area contributed by atoms with Gasteiger partial charge in [0, 0.05) is 23.6 Å². The van der Waals surface area contributed by atoms with Crippen LogP contribution >= 0.6 is 0 Å². The van der Waals surface area contributed by atoms with Crippen molar-refractivity contribution >= 4 is 17.5 Å². The van der Waals surface area contributed by atoms with E-state index in [-0.39, 0.29) is 0 Å². The molecule has 2 aromatic heterocycles. The topological polar surface area (TPSA) is 76.7 Å². The molecule has 3 aromatic rings. The van der Waals surface area contributed by atoms with Gasteiger partial charge in [-0.1, -0.05) is 12.0 Å². The number of hydrogen-bond acceptors (Lipinski definition) is 5. The Balaban J connectivity index is 1.84. The number of nitrogens with zero attached hydrogens (tertiary/aromatic N) is 3. The van der Waals surface area contributed by atoms with E-state index in [9.17, 15) is 0 Å². The number of nitrogens with two attached hydrogens (primary N) is 1. The molecule has 0 bridgehead atoms. The molecule has 0 amide bonds. The quantitative estimate of drug-likeness (QED) is 0.724. The van der Waals surface area contributed by atoms with Gasteiger partial charge in [0.1, 0.15) is 5.82 Å². The number of hydrogen-bond donors (Lipinski definition) is 2. The number of benzene rings is 1. The van der Waals surface area contributed by atoms with Crippen LogP contribution < -0.4 is 11.1 Å². The highest BCUT2D eigenvalue weighted by Gasteiger charge is 2.07. The smallest absolute Gasteiger partial charge is 0.229 e. The van der Waals surface area contributed by atoms with E-state index in [0.717, 1.165) is 16.9 Å². The number of nitrogen functional groups attached to an aromatic ring is 1. The van der Waals surface area contributed by atoms with Crippen LogP contribution in [0.15, 0.2) is 54.9 Å². The first kappa shape index (κ1) is 13.6. The molecule has 3 N–H and O–H groups in total. The van der Waals surface area contributed by atoms with Crippen molar-refractivity contribution in [3.8, 4) is 23.6 Å². The first-order chi connectivity index (χ1) is 10.8. The highest BCUT2D eigenvalue weighted by Crippen LogP contribution is 2.23. The highest BCUT2D eigenvalue weighted by atomic mass is 15.1. The Morgan fingerprint density at radius 3 is 2.50 bits per heavy atom. The van der Waals surface area contributed by atoms with E-state index in [4.69, 9.17) is 12.2 Å². The Bertz CT molecular complexity index is 820. The number of nitrogens with one attached hydrogen (secondary N) is 1. The maximum Gasteiger partial charge on any atom is 0.229 e. The molecule has 0 saturated heterocycles. The van der Waals surface area contributed by atoms with Gasteiger partial charge < -0.3 is 11.1 Å². The summed E-state index contributed by atoms with van der Waals surface area (Å²) in [7, 11) is 0. The Morgan fingerprint density at radius 1 is 1.05 bits per heavy atom. The van der Waals surface area contributed by atoms with Gasteiger partial charge in [0.05, 0.1) is 11.3 Å². The summed E-state index contributed by atoms with van der Waals surface area (Å²) in [6.07, 6.45) is 8.68. The van der Waals surface area contributed by atoms with Gasteiger partial charge in [0.25, 0.3) is 0 Å². The number of pyridine rings is 1. The average molecular weight is 287 g/mol. The third-order valence-electron chi connectivity index (χ3n) is 3.07. The van der Waals surface area contributed by atoms with Crippen LogP contribution in [-0.4, -0.2) is 15.0 Å². The van der Waals surface area contributed by atoms with Crippen LogP contribution in [0.25, 0.3) is 11.3 Å². The van der Waals surface area contributed by atoms with Crippen molar-refractivity contribution in [2.75, 3.05) is 11.1 Å². The molecule has 5 heteroatoms. The summed E-state index contributed by atoms with van der Waals surface area (Å²) in [6, 6.07) is 13.0. The van der Waals surface area contributed by atoms with Gasteiger partial charge in [-0.2, -0.15) is 4.98 Å². The number of aromatic nitrogens is 3. The average Bonchev–Trinajstić information content (AvgIpc) is 2.56. The lowest BCUT2D eigenvalue weighted by atomic mass is 10.2. The van der Waals surface area contributed by atoms with Crippen LogP contribution in [0.4, 0.5) is 17.5 Å². The molecule has 2 heterocycles. The van der Waals surface area contributed by atoms with Gasteiger partial charge in [-0.15, -0.1) is 6.42 Å². The molecule has 3 rings (SSSR count). The van der Waals surface area contributed by atoms with Gasteiger partial charge in [-0.05, 0) is 36.4 Å². The molecular formula is C17H13N5. The van der Waals surface area contributed by atoms with Crippen molar-refractivity contribution in [1.29, 1.82) is 0 Å². The van der Waals surface area contributed by atoms with Crippen LogP contribution in [0.3, 0.4) is 0 Å². The van der Waals surface area contributed by atoms with E-state index in [0.29, 0.717) is 17.3 Å². The highest BCUT2D eigenvalue weighted by molar-refractivity contribution is 5.71. The lowest BCUT2D eigenvalue weighted by Gasteiger charge is -2.08. The Morgan fingerprint density at radius 2 is 1.86 bits per heavy atom. The summed E-state index contributed by atoms with van der Waals surface area (Å²) in [4.78, 5) is 12.8. The summed E-state index contributed by atoms with van der Waals surface area (Å²) in [5.41, 5.74) is 9.09. The van der Waals surface area contributed by atoms with E-state index in [1.807, 2.05) is 42.5 Å². The number of anilines is 3. The standard InChI is InChI=1S/C17H13N5/c1-2-12-6-8-13(9-7-12)21-17-20-11-14(16(18)22-17)15-5-3-4-10-19-15/h1,3-11H,(H3,18,20,21,22). The zero-order valence-electron chi connectivity index (χ0n) is 11.7. The minimum absolute atomic E-state index is 0.372. The van der Waals surface area contributed by atoms with Crippen molar-refractivity contribution in [1.82, 2.24) is 15.0 Å². The second-order valence-corrected chi connectivity index (χ2v) is 4.55. The fourth-order valence-electron chi connectivity index (χ4n) is 1.95. The van der Waals surface area contributed by atoms with Gasteiger partial charge >= 0.3 is 0 Å². The van der Waals surface area contributed by atoms with Crippen molar-refractivity contribution in [3.63, 3.8) is 0 Å². The van der Waals surface area contributed by atoms with Crippen LogP contribution in [-0.2, 0) is 0 Å². The van der Waals surface area contributed by atoms with Crippen molar-refractivity contribution in [2.24, 2.45) is 0 Å². The third kappa shape index (κ3) is 2.86. The number of terminal acetylenes is 1. The fraction of sp³-hybridized carbons (Fsp3) is 0. The largest absolute Gasteiger partial charge is 0.383 e.